The van der Waals surface area contributed by atoms with Gasteiger partial charge in [-0.05, 0) is 32.1 Å². The molecule has 0 unspecified atom stereocenters. The third kappa shape index (κ3) is 4.81. The van der Waals surface area contributed by atoms with Crippen LogP contribution in [-0.2, 0) is 15.5 Å². The third-order valence-corrected chi connectivity index (χ3v) is 5.04. The van der Waals surface area contributed by atoms with Gasteiger partial charge in [-0.2, -0.15) is 30.7 Å². The number of halogens is 7. The summed E-state index contributed by atoms with van der Waals surface area (Å²) < 4.78 is 109. The molecule has 0 aliphatic carbocycles. The molecule has 0 amide bonds. The van der Waals surface area contributed by atoms with Crippen molar-refractivity contribution in [3.05, 3.63) is 42.2 Å². The second-order valence-electron chi connectivity index (χ2n) is 5.63. The van der Waals surface area contributed by atoms with Gasteiger partial charge < -0.3 is 9.84 Å². The second-order valence-corrected chi connectivity index (χ2v) is 7.08. The quantitative estimate of drug-likeness (QED) is 0.504. The predicted octanol–water partition coefficient (Wildman–Crippen LogP) is 4.22. The Morgan fingerprint density at radius 2 is 1.56 bits per heavy atom. The second kappa shape index (κ2) is 8.17. The molecule has 2 atom stereocenters. The summed E-state index contributed by atoms with van der Waals surface area (Å²) in [5.41, 5.74) is -3.40. The fourth-order valence-corrected chi connectivity index (χ4v) is 3.21. The van der Waals surface area contributed by atoms with Crippen LogP contribution in [0.3, 0.4) is 0 Å². The van der Waals surface area contributed by atoms with E-state index in [0.717, 1.165) is 0 Å². The number of rotatable bonds is 8. The van der Waals surface area contributed by atoms with Crippen molar-refractivity contribution in [1.82, 2.24) is 0 Å². The first kappa shape index (κ1) is 23.4. The Balaban J connectivity index is 3.36. The van der Waals surface area contributed by atoms with E-state index in [0.29, 0.717) is 11.8 Å². The molecule has 0 saturated heterocycles. The van der Waals surface area contributed by atoms with Gasteiger partial charge in [0.25, 0.3) is 0 Å². The Morgan fingerprint density at radius 1 is 1.04 bits per heavy atom. The van der Waals surface area contributed by atoms with Crippen molar-refractivity contribution in [3.63, 3.8) is 0 Å². The topological polar surface area (TPSA) is 46.5 Å². The lowest BCUT2D eigenvalue weighted by atomic mass is 9.92. The molecule has 0 aliphatic heterocycles. The summed E-state index contributed by atoms with van der Waals surface area (Å²) in [5, 5.41) is 10.1. The van der Waals surface area contributed by atoms with E-state index in [2.05, 4.69) is 4.74 Å². The zero-order valence-corrected chi connectivity index (χ0v) is 15.0. The zero-order chi connectivity index (χ0) is 21.1. The van der Waals surface area contributed by atoms with Crippen molar-refractivity contribution in [3.8, 4) is 0 Å². The number of aliphatic hydroxyl groups is 1. The molecule has 0 aromatic heterocycles. The van der Waals surface area contributed by atoms with Crippen molar-refractivity contribution in [1.29, 1.82) is 0 Å². The summed E-state index contributed by atoms with van der Waals surface area (Å²) in [6.45, 7) is 2.91. The Kier molecular flexibility index (Phi) is 7.09. The van der Waals surface area contributed by atoms with Gasteiger partial charge in [-0.1, -0.05) is 17.7 Å². The molecule has 0 saturated carbocycles. The number of ether oxygens (including phenoxy) is 1. The Bertz CT molecular complexity index is 686. The van der Waals surface area contributed by atoms with E-state index >= 15 is 0 Å². The highest BCUT2D eigenvalue weighted by Crippen LogP contribution is 2.52. The first-order chi connectivity index (χ1) is 12.2. The smallest absolute Gasteiger partial charge is 0.460 e. The van der Waals surface area contributed by atoms with Crippen molar-refractivity contribution < 1.29 is 44.8 Å². The molecule has 0 fully saturated rings. The molecule has 0 radical (unpaired) electrons. The lowest BCUT2D eigenvalue weighted by Crippen LogP contribution is -2.65. The van der Waals surface area contributed by atoms with Crippen LogP contribution in [0.2, 0.25) is 0 Å². The van der Waals surface area contributed by atoms with Gasteiger partial charge in [-0.15, -0.1) is 0 Å². The van der Waals surface area contributed by atoms with Gasteiger partial charge in [0, 0.05) is 4.90 Å². The molecule has 1 aromatic carbocycles. The first-order valence-corrected chi connectivity index (χ1v) is 8.80. The van der Waals surface area contributed by atoms with Gasteiger partial charge in [-0.3, -0.25) is 4.21 Å². The number of benzene rings is 1. The number of hydrogen-bond acceptors (Lipinski definition) is 3. The highest BCUT2D eigenvalue weighted by Gasteiger charge is 2.79. The monoisotopic (exact) mass is 422 g/mol. The minimum Gasteiger partial charge on any atom is -0.502 e. The van der Waals surface area contributed by atoms with E-state index in [4.69, 9.17) is 0 Å². The Morgan fingerprint density at radius 3 is 2.00 bits per heavy atom. The van der Waals surface area contributed by atoms with Crippen LogP contribution < -0.4 is 0 Å². The van der Waals surface area contributed by atoms with Crippen LogP contribution in [0, 0.1) is 6.92 Å². The SMILES string of the molecule is CCO/C=C/[C@](O)(C[S@@](=O)c1ccc(C)cc1)C(F)(F)C(F)(F)C(F)(F)F. The summed E-state index contributed by atoms with van der Waals surface area (Å²) >= 11 is 0. The molecule has 1 aromatic rings. The van der Waals surface area contributed by atoms with Crippen LogP contribution in [0.1, 0.15) is 12.5 Å². The van der Waals surface area contributed by atoms with Crippen LogP contribution in [0.5, 0.6) is 0 Å². The van der Waals surface area contributed by atoms with E-state index in [1.807, 2.05) is 0 Å². The van der Waals surface area contributed by atoms with Crippen molar-refractivity contribution >= 4 is 10.8 Å². The van der Waals surface area contributed by atoms with Crippen LogP contribution in [0.4, 0.5) is 30.7 Å². The molecule has 154 valence electrons. The lowest BCUT2D eigenvalue weighted by molar-refractivity contribution is -0.379. The maximum Gasteiger partial charge on any atom is 0.460 e. The molecule has 0 spiro atoms. The molecule has 0 bridgehead atoms. The standard InChI is InChI=1S/C16H17F7O3S/c1-3-26-9-8-13(24,14(17,18)15(19,20)16(21,22)23)10-27(25)12-6-4-11(2)5-7-12/h4-9,24H,3,10H2,1-2H3/b9-8+/t13-,27+/m0/s1. The highest BCUT2D eigenvalue weighted by molar-refractivity contribution is 7.85. The highest BCUT2D eigenvalue weighted by atomic mass is 32.2. The van der Waals surface area contributed by atoms with Crippen LogP contribution >= 0.6 is 0 Å². The minimum atomic E-state index is -6.64. The summed E-state index contributed by atoms with van der Waals surface area (Å²) in [6.07, 6.45) is -6.32. The minimum absolute atomic E-state index is 0.0394. The molecular formula is C16H17F7O3S. The Hall–Kier alpha value is -1.62. The molecule has 11 heteroatoms. The van der Waals surface area contributed by atoms with Crippen molar-refractivity contribution in [2.45, 2.75) is 42.4 Å². The zero-order valence-electron chi connectivity index (χ0n) is 14.2. The maximum absolute atomic E-state index is 14.2. The predicted molar refractivity (Wildman–Crippen MR) is 84.1 cm³/mol. The van der Waals surface area contributed by atoms with E-state index in [1.54, 1.807) is 6.92 Å². The third-order valence-electron chi connectivity index (χ3n) is 3.54. The molecule has 0 heterocycles. The van der Waals surface area contributed by atoms with Gasteiger partial charge in [0.1, 0.15) is 0 Å². The average Bonchev–Trinajstić information content (AvgIpc) is 2.54. The lowest BCUT2D eigenvalue weighted by Gasteiger charge is -2.38. The molecule has 27 heavy (non-hydrogen) atoms. The first-order valence-electron chi connectivity index (χ1n) is 7.48. The van der Waals surface area contributed by atoms with E-state index in [1.165, 1.54) is 31.2 Å². The van der Waals surface area contributed by atoms with Crippen molar-refractivity contribution in [2.24, 2.45) is 0 Å². The number of alkyl halides is 7. The van der Waals surface area contributed by atoms with E-state index < -0.39 is 40.2 Å². The summed E-state index contributed by atoms with van der Waals surface area (Å²) in [6, 6.07) is 5.31. The molecular weight excluding hydrogens is 405 g/mol. The fourth-order valence-electron chi connectivity index (χ4n) is 1.92. The number of aryl methyl sites for hydroxylation is 1. The average molecular weight is 422 g/mol. The van der Waals surface area contributed by atoms with Gasteiger partial charge in [0.05, 0.1) is 29.4 Å². The molecule has 0 aliphatic rings. The molecule has 1 N–H and O–H groups in total. The largest absolute Gasteiger partial charge is 0.502 e. The van der Waals surface area contributed by atoms with Crippen molar-refractivity contribution in [2.75, 3.05) is 12.4 Å². The van der Waals surface area contributed by atoms with Gasteiger partial charge >= 0.3 is 18.0 Å². The normalized spacial score (nSPS) is 17.0. The van der Waals surface area contributed by atoms with E-state index in [-0.39, 0.29) is 17.6 Å². The summed E-state index contributed by atoms with van der Waals surface area (Å²) in [7, 11) is -2.51. The van der Waals surface area contributed by atoms with Gasteiger partial charge in [0.2, 0.25) is 0 Å². The van der Waals surface area contributed by atoms with E-state index in [9.17, 15) is 40.0 Å². The summed E-state index contributed by atoms with van der Waals surface area (Å²) in [4.78, 5) is -0.130. The van der Waals surface area contributed by atoms with Gasteiger partial charge in [0.15, 0.2) is 5.60 Å². The fraction of sp³-hybridized carbons (Fsp3) is 0.500. The number of hydrogen-bond donors (Lipinski definition) is 1. The molecule has 3 nitrogen and oxygen atoms in total. The van der Waals surface area contributed by atoms with Crippen LogP contribution in [-0.4, -0.2) is 45.3 Å². The van der Waals surface area contributed by atoms with Crippen LogP contribution in [0.25, 0.3) is 0 Å². The molecule has 1 rings (SSSR count). The van der Waals surface area contributed by atoms with Crippen LogP contribution in [0.15, 0.2) is 41.5 Å². The Labute approximate surface area is 153 Å². The maximum atomic E-state index is 14.2. The van der Waals surface area contributed by atoms with Gasteiger partial charge in [-0.25, -0.2) is 0 Å². The summed E-state index contributed by atoms with van der Waals surface area (Å²) in [5.74, 6) is -14.2.